The van der Waals surface area contributed by atoms with Crippen molar-refractivity contribution in [3.8, 4) is 5.75 Å². The monoisotopic (exact) mass is 440 g/mol. The number of carbonyl (C=O) groups excluding carboxylic acids is 2. The minimum absolute atomic E-state index is 0.159. The summed E-state index contributed by atoms with van der Waals surface area (Å²) in [6.07, 6.45) is 3.46. The van der Waals surface area contributed by atoms with Crippen LogP contribution in [0.25, 0.3) is 0 Å². The number of hydrogen-bond donors (Lipinski definition) is 0. The van der Waals surface area contributed by atoms with E-state index in [-0.39, 0.29) is 23.3 Å². The molecule has 0 radical (unpaired) electrons. The lowest BCUT2D eigenvalue weighted by Crippen LogP contribution is -2.52. The van der Waals surface area contributed by atoms with Gasteiger partial charge in [0.25, 0.3) is 0 Å². The Labute approximate surface area is 189 Å². The Hall–Kier alpha value is -2.34. The van der Waals surface area contributed by atoms with Crippen LogP contribution in [0.1, 0.15) is 55.9 Å². The second-order valence-corrected chi connectivity index (χ2v) is 9.66. The zero-order chi connectivity index (χ0) is 21.8. The molecule has 1 spiro atoms. The van der Waals surface area contributed by atoms with Gasteiger partial charge in [-0.25, -0.2) is 0 Å². The van der Waals surface area contributed by atoms with Gasteiger partial charge in [-0.3, -0.25) is 9.59 Å². The van der Waals surface area contributed by atoms with Crippen molar-refractivity contribution in [3.05, 3.63) is 52.2 Å². The third-order valence-corrected chi connectivity index (χ3v) is 7.65. The van der Waals surface area contributed by atoms with E-state index < -0.39 is 0 Å². The van der Waals surface area contributed by atoms with Gasteiger partial charge in [0.15, 0.2) is 0 Å². The predicted molar refractivity (Wildman–Crippen MR) is 124 cm³/mol. The van der Waals surface area contributed by atoms with Crippen molar-refractivity contribution in [2.45, 2.75) is 57.5 Å². The molecule has 2 aromatic rings. The fraction of sp³-hybridized carbons (Fsp3) is 0.520. The number of nitrogens with zero attached hydrogens (tertiary/aromatic N) is 2. The van der Waals surface area contributed by atoms with Crippen LogP contribution < -0.4 is 4.74 Å². The Morgan fingerprint density at radius 2 is 1.87 bits per heavy atom. The number of fused-ring (bicyclic) bond motifs is 1. The van der Waals surface area contributed by atoms with Crippen LogP contribution in [0.2, 0.25) is 0 Å². The maximum Gasteiger partial charge on any atom is 0.227 e. The number of carbonyl (C=O) groups is 2. The Kier molecular flexibility index (Phi) is 6.65. The van der Waals surface area contributed by atoms with Crippen LogP contribution in [0.15, 0.2) is 41.8 Å². The molecule has 0 bridgehead atoms. The van der Waals surface area contributed by atoms with Gasteiger partial charge >= 0.3 is 0 Å². The second-order valence-electron chi connectivity index (χ2n) is 8.63. The number of amides is 2. The smallest absolute Gasteiger partial charge is 0.227 e. The molecule has 2 amide bonds. The molecule has 0 N–H and O–H groups in total. The maximum atomic E-state index is 12.9. The predicted octanol–water partition coefficient (Wildman–Crippen LogP) is 4.48. The lowest BCUT2D eigenvalue weighted by Gasteiger charge is -2.47. The van der Waals surface area contributed by atoms with Crippen molar-refractivity contribution in [2.24, 2.45) is 0 Å². The number of likely N-dealkylation sites (tertiary alicyclic amines) is 1. The molecule has 0 aliphatic carbocycles. The quantitative estimate of drug-likeness (QED) is 0.666. The summed E-state index contributed by atoms with van der Waals surface area (Å²) in [6, 6.07) is 12.2. The number of hydrogen-bond acceptors (Lipinski definition) is 4. The summed E-state index contributed by atoms with van der Waals surface area (Å²) in [4.78, 5) is 30.6. The van der Waals surface area contributed by atoms with Crippen LogP contribution in [0, 0.1) is 0 Å². The number of benzene rings is 1. The molecule has 0 unspecified atom stereocenters. The minimum atomic E-state index is -0.289. The number of para-hydroxylation sites is 1. The van der Waals surface area contributed by atoms with E-state index in [0.717, 1.165) is 48.5 Å². The number of piperidine rings is 1. The van der Waals surface area contributed by atoms with E-state index in [0.29, 0.717) is 25.9 Å². The molecule has 6 heteroatoms. The van der Waals surface area contributed by atoms with Crippen molar-refractivity contribution in [3.63, 3.8) is 0 Å². The van der Waals surface area contributed by atoms with Crippen LogP contribution in [0.5, 0.6) is 5.75 Å². The lowest BCUT2D eigenvalue weighted by atomic mass is 9.76. The molecule has 1 saturated heterocycles. The first-order chi connectivity index (χ1) is 15.0. The van der Waals surface area contributed by atoms with E-state index in [9.17, 15) is 9.59 Å². The molecule has 1 fully saturated rings. The highest BCUT2D eigenvalue weighted by atomic mass is 32.1. The summed E-state index contributed by atoms with van der Waals surface area (Å²) in [5.74, 6) is 1.48. The van der Waals surface area contributed by atoms with Gasteiger partial charge in [-0.2, -0.15) is 0 Å². The zero-order valence-corrected chi connectivity index (χ0v) is 19.3. The standard InChI is InChI=1S/C25H32N2O3S/c1-3-26(4-2)23(28)16-19-18-25(30-22-10-6-5-9-21(19)22)11-13-27(14-12-25)24(29)17-20-8-7-15-31-20/h5-10,15,19H,3-4,11-14,16-18H2,1-2H3/t19-/m0/s1. The van der Waals surface area contributed by atoms with E-state index in [1.54, 1.807) is 11.3 Å². The molecule has 31 heavy (non-hydrogen) atoms. The molecule has 1 aromatic heterocycles. The molecule has 166 valence electrons. The summed E-state index contributed by atoms with van der Waals surface area (Å²) in [6.45, 7) is 6.97. The molecule has 2 aliphatic rings. The van der Waals surface area contributed by atoms with Crippen molar-refractivity contribution in [1.82, 2.24) is 9.80 Å². The van der Waals surface area contributed by atoms with Gasteiger partial charge in [-0.05, 0) is 43.3 Å². The minimum Gasteiger partial charge on any atom is -0.487 e. The highest BCUT2D eigenvalue weighted by Crippen LogP contribution is 2.46. The summed E-state index contributed by atoms with van der Waals surface area (Å²) in [5.41, 5.74) is 0.854. The highest BCUT2D eigenvalue weighted by molar-refractivity contribution is 7.10. The van der Waals surface area contributed by atoms with Gasteiger partial charge < -0.3 is 14.5 Å². The Morgan fingerprint density at radius 1 is 1.13 bits per heavy atom. The Bertz CT molecular complexity index is 899. The SMILES string of the molecule is CCN(CC)C(=O)C[C@H]1CC2(CCN(C(=O)Cc3cccs3)CC2)Oc2ccccc21. The molecule has 4 rings (SSSR count). The van der Waals surface area contributed by atoms with Crippen LogP contribution in [-0.4, -0.2) is 53.4 Å². The molecule has 1 atom stereocenters. The van der Waals surface area contributed by atoms with Crippen LogP contribution in [-0.2, 0) is 16.0 Å². The number of thiophene rings is 1. The van der Waals surface area contributed by atoms with Gasteiger partial charge in [-0.15, -0.1) is 11.3 Å². The zero-order valence-electron chi connectivity index (χ0n) is 18.5. The van der Waals surface area contributed by atoms with Gasteiger partial charge in [-0.1, -0.05) is 24.3 Å². The molecule has 3 heterocycles. The van der Waals surface area contributed by atoms with Crippen LogP contribution >= 0.6 is 11.3 Å². The summed E-state index contributed by atoms with van der Waals surface area (Å²) >= 11 is 1.63. The molecular formula is C25H32N2O3S. The average molecular weight is 441 g/mol. The van der Waals surface area contributed by atoms with E-state index >= 15 is 0 Å². The first-order valence-electron chi connectivity index (χ1n) is 11.4. The van der Waals surface area contributed by atoms with Crippen LogP contribution in [0.4, 0.5) is 0 Å². The van der Waals surface area contributed by atoms with Crippen molar-refractivity contribution in [2.75, 3.05) is 26.2 Å². The largest absolute Gasteiger partial charge is 0.487 e. The Balaban J connectivity index is 1.46. The average Bonchev–Trinajstić information content (AvgIpc) is 3.28. The van der Waals surface area contributed by atoms with Gasteiger partial charge in [0, 0.05) is 56.2 Å². The molecule has 2 aliphatic heterocycles. The van der Waals surface area contributed by atoms with Gasteiger partial charge in [0.1, 0.15) is 11.4 Å². The Morgan fingerprint density at radius 3 is 2.55 bits per heavy atom. The molecule has 5 nitrogen and oxygen atoms in total. The van der Waals surface area contributed by atoms with Crippen molar-refractivity contribution >= 4 is 23.2 Å². The fourth-order valence-corrected chi connectivity index (χ4v) is 5.68. The topological polar surface area (TPSA) is 49.9 Å². The number of ether oxygens (including phenoxy) is 1. The summed E-state index contributed by atoms with van der Waals surface area (Å²) in [7, 11) is 0. The van der Waals surface area contributed by atoms with Crippen LogP contribution in [0.3, 0.4) is 0 Å². The number of rotatable bonds is 6. The van der Waals surface area contributed by atoms with Gasteiger partial charge in [0.05, 0.1) is 6.42 Å². The maximum absolute atomic E-state index is 12.9. The third kappa shape index (κ3) is 4.79. The first kappa shape index (κ1) is 21.9. The lowest BCUT2D eigenvalue weighted by molar-refractivity contribution is -0.134. The molecule has 1 aromatic carbocycles. The van der Waals surface area contributed by atoms with E-state index in [4.69, 9.17) is 4.74 Å². The van der Waals surface area contributed by atoms with E-state index in [1.165, 1.54) is 0 Å². The van der Waals surface area contributed by atoms with Crippen molar-refractivity contribution < 1.29 is 14.3 Å². The molecule has 0 saturated carbocycles. The van der Waals surface area contributed by atoms with E-state index in [2.05, 4.69) is 6.07 Å². The third-order valence-electron chi connectivity index (χ3n) is 6.77. The van der Waals surface area contributed by atoms with E-state index in [1.807, 2.05) is 59.4 Å². The summed E-state index contributed by atoms with van der Waals surface area (Å²) in [5, 5.41) is 2.01. The summed E-state index contributed by atoms with van der Waals surface area (Å²) < 4.78 is 6.56. The highest BCUT2D eigenvalue weighted by Gasteiger charge is 2.44. The van der Waals surface area contributed by atoms with Gasteiger partial charge in [0.2, 0.25) is 11.8 Å². The van der Waals surface area contributed by atoms with Crippen molar-refractivity contribution in [1.29, 1.82) is 0 Å². The molecular weight excluding hydrogens is 408 g/mol. The second kappa shape index (κ2) is 9.43. The fourth-order valence-electron chi connectivity index (χ4n) is 4.99. The normalized spacial score (nSPS) is 19.5. The first-order valence-corrected chi connectivity index (χ1v) is 12.3.